The smallest absolute Gasteiger partial charge is 0.217 e. The third-order valence-electron chi connectivity index (χ3n) is 4.42. The van der Waals surface area contributed by atoms with Crippen LogP contribution >= 0.6 is 11.3 Å². The molecule has 0 aliphatic heterocycles. The van der Waals surface area contributed by atoms with Gasteiger partial charge < -0.3 is 10.2 Å². The maximum Gasteiger partial charge on any atom is 0.217 e. The van der Waals surface area contributed by atoms with Gasteiger partial charge in [0.2, 0.25) is 5.91 Å². The number of hydrogen-bond donors (Lipinski definition) is 1. The number of carbonyl (C=O) groups is 1. The number of rotatable bonds is 7. The molecule has 1 atom stereocenters. The van der Waals surface area contributed by atoms with Gasteiger partial charge in [-0.3, -0.25) is 4.79 Å². The highest BCUT2D eigenvalue weighted by Crippen LogP contribution is 2.29. The highest BCUT2D eigenvalue weighted by Gasteiger charge is 2.21. The summed E-state index contributed by atoms with van der Waals surface area (Å²) in [5.74, 6) is -0.463. The van der Waals surface area contributed by atoms with E-state index in [9.17, 15) is 9.18 Å². The first-order valence-electron chi connectivity index (χ1n) is 9.41. The van der Waals surface area contributed by atoms with Gasteiger partial charge in [0, 0.05) is 25.5 Å². The molecule has 0 saturated heterocycles. The minimum atomic E-state index is -0.433. The molecule has 1 heterocycles. The number of benzene rings is 2. The largest absolute Gasteiger partial charge is 0.347 e. The van der Waals surface area contributed by atoms with E-state index in [0.717, 1.165) is 21.7 Å². The number of aryl methyl sites for hydroxylation is 1. The minimum absolute atomic E-state index is 0.188. The molecular weight excluding hydrogens is 387 g/mol. The number of nitrogens with one attached hydrogen (secondary N) is 1. The molecule has 0 aliphatic rings. The van der Waals surface area contributed by atoms with Crippen LogP contribution in [-0.4, -0.2) is 35.1 Å². The maximum absolute atomic E-state index is 14.7. The van der Waals surface area contributed by atoms with Crippen molar-refractivity contribution in [3.8, 4) is 10.6 Å². The van der Waals surface area contributed by atoms with Crippen molar-refractivity contribution < 1.29 is 9.18 Å². The summed E-state index contributed by atoms with van der Waals surface area (Å²) in [5, 5.41) is 12.9. The number of aromatic nitrogens is 2. The number of hydrogen-bond acceptors (Lipinski definition) is 5. The standard InChI is InChI=1S/C22H25FN4OS/c1-14-6-5-7-18(10-14)21-25-26-22(29-21)20(24-15(2)28)12-17-9-8-16(11-19(17)23)13-27(3)4/h5-11,20H,12-13H2,1-4H3,(H,24,28). The fourth-order valence-electron chi connectivity index (χ4n) is 3.16. The summed E-state index contributed by atoms with van der Waals surface area (Å²) in [7, 11) is 3.89. The maximum atomic E-state index is 14.7. The van der Waals surface area contributed by atoms with Gasteiger partial charge in [0.25, 0.3) is 0 Å². The molecule has 0 aliphatic carbocycles. The Hall–Kier alpha value is -2.64. The van der Waals surface area contributed by atoms with Gasteiger partial charge in [-0.25, -0.2) is 4.39 Å². The lowest BCUT2D eigenvalue weighted by molar-refractivity contribution is -0.119. The second-order valence-corrected chi connectivity index (χ2v) is 8.44. The number of amides is 1. The second kappa shape index (κ2) is 9.24. The molecule has 1 aromatic heterocycles. The molecule has 1 N–H and O–H groups in total. The molecule has 0 spiro atoms. The Morgan fingerprint density at radius 3 is 2.66 bits per heavy atom. The zero-order valence-corrected chi connectivity index (χ0v) is 17.9. The van der Waals surface area contributed by atoms with Gasteiger partial charge in [0.15, 0.2) is 0 Å². The SMILES string of the molecule is CC(=O)NC(Cc1ccc(CN(C)C)cc1F)c1nnc(-c2cccc(C)c2)s1. The molecule has 152 valence electrons. The average Bonchev–Trinajstić information content (AvgIpc) is 3.12. The molecule has 1 unspecified atom stereocenters. The monoisotopic (exact) mass is 412 g/mol. The molecule has 0 radical (unpaired) electrons. The number of halogens is 1. The summed E-state index contributed by atoms with van der Waals surface area (Å²) in [4.78, 5) is 13.7. The van der Waals surface area contributed by atoms with E-state index < -0.39 is 6.04 Å². The zero-order chi connectivity index (χ0) is 21.0. The van der Waals surface area contributed by atoms with Crippen molar-refractivity contribution >= 4 is 17.2 Å². The van der Waals surface area contributed by atoms with Crippen molar-refractivity contribution in [3.05, 3.63) is 70.0 Å². The second-order valence-electron chi connectivity index (χ2n) is 7.44. The van der Waals surface area contributed by atoms with Gasteiger partial charge >= 0.3 is 0 Å². The Morgan fingerprint density at radius 2 is 2.00 bits per heavy atom. The van der Waals surface area contributed by atoms with E-state index in [1.807, 2.05) is 56.3 Å². The third-order valence-corrected chi connectivity index (χ3v) is 5.51. The van der Waals surface area contributed by atoms with Crippen molar-refractivity contribution in [1.82, 2.24) is 20.4 Å². The lowest BCUT2D eigenvalue weighted by Gasteiger charge is -2.16. The Labute approximate surface area is 174 Å². The first-order chi connectivity index (χ1) is 13.8. The van der Waals surface area contributed by atoms with E-state index in [-0.39, 0.29) is 11.7 Å². The van der Waals surface area contributed by atoms with Gasteiger partial charge in [-0.2, -0.15) is 0 Å². The Morgan fingerprint density at radius 1 is 1.21 bits per heavy atom. The van der Waals surface area contributed by atoms with Crippen LogP contribution in [0, 0.1) is 12.7 Å². The molecule has 5 nitrogen and oxygen atoms in total. The molecule has 3 aromatic rings. The highest BCUT2D eigenvalue weighted by atomic mass is 32.1. The van der Waals surface area contributed by atoms with Crippen LogP contribution in [0.25, 0.3) is 10.6 Å². The molecular formula is C22H25FN4OS. The molecule has 0 saturated carbocycles. The van der Waals surface area contributed by atoms with E-state index in [1.165, 1.54) is 18.3 Å². The van der Waals surface area contributed by atoms with Crippen LogP contribution < -0.4 is 5.32 Å². The molecule has 7 heteroatoms. The minimum Gasteiger partial charge on any atom is -0.347 e. The Kier molecular flexibility index (Phi) is 6.71. The van der Waals surface area contributed by atoms with Crippen LogP contribution in [0.5, 0.6) is 0 Å². The lowest BCUT2D eigenvalue weighted by atomic mass is 10.0. The van der Waals surface area contributed by atoms with Gasteiger partial charge in [-0.05, 0) is 44.3 Å². The zero-order valence-electron chi connectivity index (χ0n) is 17.1. The summed E-state index contributed by atoms with van der Waals surface area (Å²) in [5.41, 5.74) is 3.57. The van der Waals surface area contributed by atoms with Gasteiger partial charge in [0.1, 0.15) is 15.8 Å². The molecule has 3 rings (SSSR count). The van der Waals surface area contributed by atoms with Crippen molar-refractivity contribution in [2.45, 2.75) is 32.9 Å². The van der Waals surface area contributed by atoms with Gasteiger partial charge in [-0.15, -0.1) is 10.2 Å². The topological polar surface area (TPSA) is 58.1 Å². The number of nitrogens with zero attached hydrogens (tertiary/aromatic N) is 3. The van der Waals surface area contributed by atoms with E-state index in [0.29, 0.717) is 23.5 Å². The predicted molar refractivity (Wildman–Crippen MR) is 114 cm³/mol. The van der Waals surface area contributed by atoms with Crippen molar-refractivity contribution in [3.63, 3.8) is 0 Å². The molecule has 2 aromatic carbocycles. The lowest BCUT2D eigenvalue weighted by Crippen LogP contribution is -2.28. The predicted octanol–water partition coefficient (Wildman–Crippen LogP) is 4.13. The fraction of sp³-hybridized carbons (Fsp3) is 0.318. The molecule has 0 fully saturated rings. The van der Waals surface area contributed by atoms with Crippen LogP contribution in [0.1, 0.15) is 34.7 Å². The van der Waals surface area contributed by atoms with Crippen LogP contribution in [0.15, 0.2) is 42.5 Å². The molecule has 0 bridgehead atoms. The van der Waals surface area contributed by atoms with Gasteiger partial charge in [0.05, 0.1) is 6.04 Å². The van der Waals surface area contributed by atoms with Crippen molar-refractivity contribution in [2.24, 2.45) is 0 Å². The van der Waals surface area contributed by atoms with E-state index in [2.05, 4.69) is 15.5 Å². The van der Waals surface area contributed by atoms with Crippen molar-refractivity contribution in [1.29, 1.82) is 0 Å². The first kappa shape index (κ1) is 21.1. The quantitative estimate of drug-likeness (QED) is 0.634. The average molecular weight is 413 g/mol. The Balaban J connectivity index is 1.85. The highest BCUT2D eigenvalue weighted by molar-refractivity contribution is 7.14. The fourth-order valence-corrected chi connectivity index (χ4v) is 4.05. The number of carbonyl (C=O) groups excluding carboxylic acids is 1. The van der Waals surface area contributed by atoms with Crippen LogP contribution in [0.4, 0.5) is 4.39 Å². The first-order valence-corrected chi connectivity index (χ1v) is 10.2. The van der Waals surface area contributed by atoms with E-state index >= 15 is 0 Å². The third kappa shape index (κ3) is 5.68. The normalized spacial score (nSPS) is 12.2. The van der Waals surface area contributed by atoms with E-state index in [4.69, 9.17) is 0 Å². The van der Waals surface area contributed by atoms with Gasteiger partial charge in [-0.1, -0.05) is 47.2 Å². The molecule has 1 amide bonds. The summed E-state index contributed by atoms with van der Waals surface area (Å²) in [6.45, 7) is 4.14. The van der Waals surface area contributed by atoms with E-state index in [1.54, 1.807) is 12.1 Å². The van der Waals surface area contributed by atoms with Crippen LogP contribution in [-0.2, 0) is 17.8 Å². The summed E-state index contributed by atoms with van der Waals surface area (Å²) < 4.78 is 14.7. The van der Waals surface area contributed by atoms with Crippen LogP contribution in [0.3, 0.4) is 0 Å². The summed E-state index contributed by atoms with van der Waals surface area (Å²) in [6, 6.07) is 12.8. The van der Waals surface area contributed by atoms with Crippen LogP contribution in [0.2, 0.25) is 0 Å². The summed E-state index contributed by atoms with van der Waals surface area (Å²) >= 11 is 1.42. The Bertz CT molecular complexity index is 1000. The summed E-state index contributed by atoms with van der Waals surface area (Å²) in [6.07, 6.45) is 0.316. The molecule has 29 heavy (non-hydrogen) atoms. The van der Waals surface area contributed by atoms with Crippen molar-refractivity contribution in [2.75, 3.05) is 14.1 Å².